The van der Waals surface area contributed by atoms with Crippen LogP contribution < -0.4 is 5.73 Å². The summed E-state index contributed by atoms with van der Waals surface area (Å²) in [7, 11) is 1.36. The van der Waals surface area contributed by atoms with E-state index in [4.69, 9.17) is 5.73 Å². The average Bonchev–Trinajstić information content (AvgIpc) is 2.51. The van der Waals surface area contributed by atoms with Gasteiger partial charge in [0.25, 0.3) is 5.89 Å². The minimum absolute atomic E-state index is 0.0217. The second kappa shape index (κ2) is 3.78. The van der Waals surface area contributed by atoms with E-state index in [-0.39, 0.29) is 12.4 Å². The number of alkyl halides is 3. The molecule has 0 fully saturated rings. The molecule has 1 atom stereocenters. The molecule has 1 unspecified atom stereocenters. The molecule has 1 rings (SSSR count). The van der Waals surface area contributed by atoms with Crippen LogP contribution in [0.2, 0.25) is 0 Å². The van der Waals surface area contributed by atoms with E-state index in [9.17, 15) is 13.2 Å². The molecule has 0 aliphatic heterocycles. The van der Waals surface area contributed by atoms with Crippen molar-refractivity contribution >= 4 is 0 Å². The Bertz CT molecular complexity index is 334. The fourth-order valence-electron chi connectivity index (χ4n) is 0.774. The predicted molar refractivity (Wildman–Crippen MR) is 42.6 cm³/mol. The SMILES string of the molecule is COCc1noc(C(C)(N)C(F)(F)F)n1. The maximum Gasteiger partial charge on any atom is 0.415 e. The van der Waals surface area contributed by atoms with Crippen molar-refractivity contribution in [1.29, 1.82) is 0 Å². The van der Waals surface area contributed by atoms with E-state index >= 15 is 0 Å². The molecule has 8 heteroatoms. The molecule has 0 bridgehead atoms. The molecular weight excluding hydrogens is 215 g/mol. The highest BCUT2D eigenvalue weighted by molar-refractivity contribution is 5.03. The van der Waals surface area contributed by atoms with E-state index in [1.165, 1.54) is 7.11 Å². The van der Waals surface area contributed by atoms with Gasteiger partial charge in [-0.15, -0.1) is 0 Å². The Hall–Kier alpha value is -1.15. The Labute approximate surface area is 83.4 Å². The van der Waals surface area contributed by atoms with Crippen LogP contribution in [-0.4, -0.2) is 23.4 Å². The van der Waals surface area contributed by atoms with Crippen molar-refractivity contribution in [3.63, 3.8) is 0 Å². The molecule has 0 radical (unpaired) electrons. The fraction of sp³-hybridized carbons (Fsp3) is 0.714. The number of nitrogens with two attached hydrogens (primary N) is 1. The maximum absolute atomic E-state index is 12.4. The van der Waals surface area contributed by atoms with Crippen LogP contribution in [0.15, 0.2) is 4.52 Å². The first-order valence-electron chi connectivity index (χ1n) is 3.96. The minimum Gasteiger partial charge on any atom is -0.377 e. The quantitative estimate of drug-likeness (QED) is 0.829. The third-order valence-electron chi connectivity index (χ3n) is 1.77. The number of halogens is 3. The molecule has 15 heavy (non-hydrogen) atoms. The molecule has 0 saturated heterocycles. The van der Waals surface area contributed by atoms with Gasteiger partial charge in [-0.2, -0.15) is 18.2 Å². The Morgan fingerprint density at radius 2 is 2.07 bits per heavy atom. The monoisotopic (exact) mass is 225 g/mol. The number of methoxy groups -OCH3 is 1. The summed E-state index contributed by atoms with van der Waals surface area (Å²) in [6.45, 7) is 0.731. The molecule has 0 aromatic carbocycles. The van der Waals surface area contributed by atoms with Gasteiger partial charge in [0.05, 0.1) is 0 Å². The maximum atomic E-state index is 12.4. The predicted octanol–water partition coefficient (Wildman–Crippen LogP) is 0.952. The van der Waals surface area contributed by atoms with Crippen molar-refractivity contribution in [2.45, 2.75) is 25.2 Å². The number of rotatable bonds is 3. The fourth-order valence-corrected chi connectivity index (χ4v) is 0.774. The summed E-state index contributed by atoms with van der Waals surface area (Å²) >= 11 is 0. The van der Waals surface area contributed by atoms with Gasteiger partial charge in [-0.1, -0.05) is 5.16 Å². The first-order valence-corrected chi connectivity index (χ1v) is 3.96. The van der Waals surface area contributed by atoms with Gasteiger partial charge < -0.3 is 15.0 Å². The van der Waals surface area contributed by atoms with Crippen molar-refractivity contribution in [1.82, 2.24) is 10.1 Å². The molecule has 5 nitrogen and oxygen atoms in total. The summed E-state index contributed by atoms with van der Waals surface area (Å²) in [5, 5.41) is 3.29. The zero-order chi connectivity index (χ0) is 11.7. The lowest BCUT2D eigenvalue weighted by molar-refractivity contribution is -0.190. The van der Waals surface area contributed by atoms with Gasteiger partial charge in [-0.3, -0.25) is 0 Å². The molecule has 0 saturated carbocycles. The first kappa shape index (κ1) is 11.9. The summed E-state index contributed by atoms with van der Waals surface area (Å²) in [5.74, 6) is -0.657. The van der Waals surface area contributed by atoms with Gasteiger partial charge in [0.2, 0.25) is 0 Å². The van der Waals surface area contributed by atoms with Crippen LogP contribution in [0, 0.1) is 0 Å². The molecule has 1 heterocycles. The zero-order valence-electron chi connectivity index (χ0n) is 8.13. The average molecular weight is 225 g/mol. The molecule has 0 aliphatic carbocycles. The van der Waals surface area contributed by atoms with Crippen molar-refractivity contribution in [2.75, 3.05) is 7.11 Å². The number of nitrogens with zero attached hydrogens (tertiary/aromatic N) is 2. The Kier molecular flexibility index (Phi) is 3.00. The standard InChI is InChI=1S/C7H10F3N3O2/c1-6(11,7(8,9)10)5-12-4(3-14-2)13-15-5/h3,11H2,1-2H3. The van der Waals surface area contributed by atoms with Crippen molar-refractivity contribution in [3.8, 4) is 0 Å². The van der Waals surface area contributed by atoms with Gasteiger partial charge >= 0.3 is 6.18 Å². The molecule has 0 amide bonds. The largest absolute Gasteiger partial charge is 0.415 e. The van der Waals surface area contributed by atoms with Gasteiger partial charge in [0.1, 0.15) is 6.61 Å². The molecule has 0 aliphatic rings. The second-order valence-corrected chi connectivity index (χ2v) is 3.15. The lowest BCUT2D eigenvalue weighted by Crippen LogP contribution is -2.48. The zero-order valence-corrected chi connectivity index (χ0v) is 8.13. The number of aromatic nitrogens is 2. The molecule has 1 aromatic rings. The van der Waals surface area contributed by atoms with Crippen LogP contribution in [0.4, 0.5) is 13.2 Å². The Morgan fingerprint density at radius 3 is 2.53 bits per heavy atom. The number of hydrogen-bond acceptors (Lipinski definition) is 5. The molecule has 2 N–H and O–H groups in total. The third-order valence-corrected chi connectivity index (χ3v) is 1.77. The van der Waals surface area contributed by atoms with Crippen LogP contribution in [0.5, 0.6) is 0 Å². The van der Waals surface area contributed by atoms with E-state index in [0.717, 1.165) is 6.92 Å². The second-order valence-electron chi connectivity index (χ2n) is 3.15. The van der Waals surface area contributed by atoms with Crippen LogP contribution >= 0.6 is 0 Å². The van der Waals surface area contributed by atoms with E-state index in [2.05, 4.69) is 19.4 Å². The van der Waals surface area contributed by atoms with Gasteiger partial charge in [-0.05, 0) is 6.92 Å². The highest BCUT2D eigenvalue weighted by atomic mass is 19.4. The minimum atomic E-state index is -4.65. The van der Waals surface area contributed by atoms with Crippen molar-refractivity contribution in [3.05, 3.63) is 11.7 Å². The summed E-state index contributed by atoms with van der Waals surface area (Å²) in [6.07, 6.45) is -4.65. The normalized spacial score (nSPS) is 16.4. The highest BCUT2D eigenvalue weighted by Crippen LogP contribution is 2.35. The highest BCUT2D eigenvalue weighted by Gasteiger charge is 2.53. The lowest BCUT2D eigenvalue weighted by Gasteiger charge is -2.22. The van der Waals surface area contributed by atoms with Crippen molar-refractivity contribution < 1.29 is 22.4 Å². The summed E-state index contributed by atoms with van der Waals surface area (Å²) in [5.41, 5.74) is 2.42. The van der Waals surface area contributed by atoms with E-state index in [0.29, 0.717) is 0 Å². The van der Waals surface area contributed by atoms with Crippen molar-refractivity contribution in [2.24, 2.45) is 5.73 Å². The summed E-state index contributed by atoms with van der Waals surface area (Å²) in [6, 6.07) is 0. The van der Waals surface area contributed by atoms with Gasteiger partial charge in [0, 0.05) is 7.11 Å². The number of hydrogen-bond donors (Lipinski definition) is 1. The topological polar surface area (TPSA) is 74.2 Å². The smallest absolute Gasteiger partial charge is 0.377 e. The summed E-state index contributed by atoms with van der Waals surface area (Å²) < 4.78 is 46.3. The Morgan fingerprint density at radius 1 is 1.47 bits per heavy atom. The van der Waals surface area contributed by atoms with Gasteiger partial charge in [-0.25, -0.2) is 0 Å². The Balaban J connectivity index is 2.95. The molecule has 0 spiro atoms. The first-order chi connectivity index (χ1) is 6.79. The number of ether oxygens (including phenoxy) is 1. The van der Waals surface area contributed by atoms with Crippen LogP contribution in [0.3, 0.4) is 0 Å². The van der Waals surface area contributed by atoms with Gasteiger partial charge in [0.15, 0.2) is 11.4 Å². The lowest BCUT2D eigenvalue weighted by atomic mass is 10.0. The van der Waals surface area contributed by atoms with E-state index < -0.39 is 17.6 Å². The van der Waals surface area contributed by atoms with Crippen LogP contribution in [-0.2, 0) is 16.9 Å². The van der Waals surface area contributed by atoms with Crippen LogP contribution in [0.1, 0.15) is 18.6 Å². The molecule has 86 valence electrons. The van der Waals surface area contributed by atoms with Crippen LogP contribution in [0.25, 0.3) is 0 Å². The molecule has 1 aromatic heterocycles. The third kappa shape index (κ3) is 2.26. The molecular formula is C7H10F3N3O2. The van der Waals surface area contributed by atoms with E-state index in [1.807, 2.05) is 0 Å². The van der Waals surface area contributed by atoms with E-state index in [1.54, 1.807) is 0 Å². The summed E-state index contributed by atoms with van der Waals surface area (Å²) in [4.78, 5) is 3.49.